The monoisotopic (exact) mass is 360 g/mol. The molecule has 1 aliphatic rings. The van der Waals surface area contributed by atoms with Crippen molar-refractivity contribution in [2.24, 2.45) is 0 Å². The molecular formula is C20H20N6O. The molecule has 1 N–H and O–H groups in total. The second-order valence-corrected chi connectivity index (χ2v) is 6.40. The third-order valence-electron chi connectivity index (χ3n) is 4.60. The van der Waals surface area contributed by atoms with Gasteiger partial charge < -0.3 is 10.2 Å². The number of carbonyl (C=O) groups is 1. The highest BCUT2D eigenvalue weighted by Crippen LogP contribution is 2.31. The zero-order valence-corrected chi connectivity index (χ0v) is 14.8. The molecule has 1 fully saturated rings. The second-order valence-electron chi connectivity index (χ2n) is 6.40. The molecule has 136 valence electrons. The van der Waals surface area contributed by atoms with Gasteiger partial charge in [-0.05, 0) is 49.6 Å². The van der Waals surface area contributed by atoms with Crippen molar-refractivity contribution in [1.29, 1.82) is 0 Å². The summed E-state index contributed by atoms with van der Waals surface area (Å²) in [6.07, 6.45) is 9.65. The molecule has 0 aliphatic carbocycles. The Balaban J connectivity index is 1.58. The van der Waals surface area contributed by atoms with Crippen LogP contribution in [0.5, 0.6) is 0 Å². The number of amides is 1. The van der Waals surface area contributed by atoms with Crippen LogP contribution in [0.2, 0.25) is 0 Å². The van der Waals surface area contributed by atoms with Crippen molar-refractivity contribution in [2.45, 2.75) is 25.3 Å². The first kappa shape index (κ1) is 17.1. The molecule has 3 aromatic rings. The quantitative estimate of drug-likeness (QED) is 0.768. The molecule has 0 bridgehead atoms. The predicted octanol–water partition coefficient (Wildman–Crippen LogP) is 3.38. The average Bonchev–Trinajstić information content (AvgIpc) is 2.75. The van der Waals surface area contributed by atoms with Gasteiger partial charge in [0.1, 0.15) is 5.82 Å². The molecule has 0 saturated carbocycles. The predicted molar refractivity (Wildman–Crippen MR) is 101 cm³/mol. The van der Waals surface area contributed by atoms with Crippen LogP contribution < -0.4 is 5.32 Å². The maximum atomic E-state index is 13.0. The highest BCUT2D eigenvalue weighted by molar-refractivity contribution is 5.94. The Morgan fingerprint density at radius 1 is 1.04 bits per heavy atom. The first-order valence-corrected chi connectivity index (χ1v) is 9.03. The Morgan fingerprint density at radius 3 is 2.81 bits per heavy atom. The summed E-state index contributed by atoms with van der Waals surface area (Å²) in [5.74, 6) is 1.15. The highest BCUT2D eigenvalue weighted by atomic mass is 16.2. The number of anilines is 2. The zero-order chi connectivity index (χ0) is 18.5. The number of nitrogens with one attached hydrogen (secondary N) is 1. The van der Waals surface area contributed by atoms with Crippen LogP contribution in [0.15, 0.2) is 61.2 Å². The molecule has 7 nitrogen and oxygen atoms in total. The van der Waals surface area contributed by atoms with E-state index in [0.29, 0.717) is 23.9 Å². The number of nitrogens with zero attached hydrogens (tertiary/aromatic N) is 5. The van der Waals surface area contributed by atoms with E-state index >= 15 is 0 Å². The van der Waals surface area contributed by atoms with Crippen molar-refractivity contribution < 1.29 is 4.79 Å². The maximum absolute atomic E-state index is 13.0. The van der Waals surface area contributed by atoms with Crippen molar-refractivity contribution in [3.8, 4) is 0 Å². The summed E-state index contributed by atoms with van der Waals surface area (Å²) in [6.45, 7) is 0.714. The van der Waals surface area contributed by atoms with Crippen molar-refractivity contribution >= 4 is 17.7 Å². The standard InChI is InChI=1S/C20H20N6O/c27-19(15-6-5-10-21-14-15)26-13-4-2-7-17(26)16-9-12-23-20(24-16)25-18-8-1-3-11-22-18/h1,3,5-6,8-12,14,17H,2,4,7,13H2,(H,22,23,24,25)/t17-/m0/s1. The topological polar surface area (TPSA) is 83.9 Å². The summed E-state index contributed by atoms with van der Waals surface area (Å²) in [4.78, 5) is 32.1. The van der Waals surface area contributed by atoms with Gasteiger partial charge in [0.2, 0.25) is 5.95 Å². The van der Waals surface area contributed by atoms with Crippen LogP contribution in [-0.4, -0.2) is 37.3 Å². The first-order valence-electron chi connectivity index (χ1n) is 9.03. The Morgan fingerprint density at radius 2 is 2.00 bits per heavy atom. The number of aromatic nitrogens is 4. The molecule has 1 saturated heterocycles. The van der Waals surface area contributed by atoms with Crippen LogP contribution >= 0.6 is 0 Å². The fourth-order valence-electron chi connectivity index (χ4n) is 3.31. The lowest BCUT2D eigenvalue weighted by Gasteiger charge is -2.35. The minimum atomic E-state index is -0.0706. The van der Waals surface area contributed by atoms with E-state index in [1.54, 1.807) is 36.9 Å². The summed E-state index contributed by atoms with van der Waals surface area (Å²) in [5.41, 5.74) is 1.44. The summed E-state index contributed by atoms with van der Waals surface area (Å²) in [6, 6.07) is 11.0. The largest absolute Gasteiger partial charge is 0.330 e. The zero-order valence-electron chi connectivity index (χ0n) is 14.8. The Kier molecular flexibility index (Phi) is 5.00. The number of likely N-dealkylation sites (tertiary alicyclic amines) is 1. The molecular weight excluding hydrogens is 340 g/mol. The Bertz CT molecular complexity index is 903. The summed E-state index contributed by atoms with van der Waals surface area (Å²) < 4.78 is 0. The summed E-state index contributed by atoms with van der Waals surface area (Å²) in [5, 5.41) is 3.11. The van der Waals surface area contributed by atoms with E-state index in [4.69, 9.17) is 0 Å². The van der Waals surface area contributed by atoms with Crippen molar-refractivity contribution in [3.63, 3.8) is 0 Å². The lowest BCUT2D eigenvalue weighted by molar-refractivity contribution is 0.0605. The smallest absolute Gasteiger partial charge is 0.255 e. The third kappa shape index (κ3) is 3.92. The number of rotatable bonds is 4. The molecule has 1 amide bonds. The molecule has 4 heterocycles. The van der Waals surface area contributed by atoms with Crippen LogP contribution in [0.3, 0.4) is 0 Å². The van der Waals surface area contributed by atoms with E-state index in [9.17, 15) is 4.79 Å². The Labute approximate surface area is 157 Å². The molecule has 1 atom stereocenters. The molecule has 0 spiro atoms. The number of piperidine rings is 1. The SMILES string of the molecule is O=C(c1cccnc1)N1CCCC[C@H]1c1ccnc(Nc2ccccn2)n1. The number of hydrogen-bond acceptors (Lipinski definition) is 6. The van der Waals surface area contributed by atoms with Crippen molar-refractivity contribution in [1.82, 2.24) is 24.8 Å². The lowest BCUT2D eigenvalue weighted by Crippen LogP contribution is -2.39. The van der Waals surface area contributed by atoms with E-state index in [-0.39, 0.29) is 11.9 Å². The van der Waals surface area contributed by atoms with Gasteiger partial charge in [-0.3, -0.25) is 9.78 Å². The van der Waals surface area contributed by atoms with E-state index in [0.717, 1.165) is 25.0 Å². The highest BCUT2D eigenvalue weighted by Gasteiger charge is 2.30. The average molecular weight is 360 g/mol. The van der Waals surface area contributed by atoms with Gasteiger partial charge >= 0.3 is 0 Å². The summed E-state index contributed by atoms with van der Waals surface area (Å²) >= 11 is 0. The molecule has 3 aromatic heterocycles. The summed E-state index contributed by atoms with van der Waals surface area (Å²) in [7, 11) is 0. The number of carbonyl (C=O) groups excluding carboxylic acids is 1. The van der Waals surface area contributed by atoms with Gasteiger partial charge in [0.25, 0.3) is 5.91 Å². The number of pyridine rings is 2. The third-order valence-corrected chi connectivity index (χ3v) is 4.60. The van der Waals surface area contributed by atoms with Crippen LogP contribution in [0.25, 0.3) is 0 Å². The van der Waals surface area contributed by atoms with E-state index in [2.05, 4.69) is 25.3 Å². The molecule has 7 heteroatoms. The molecule has 1 aliphatic heterocycles. The van der Waals surface area contributed by atoms with E-state index in [1.807, 2.05) is 29.2 Å². The normalized spacial score (nSPS) is 16.7. The molecule has 0 unspecified atom stereocenters. The first-order chi connectivity index (χ1) is 13.3. The molecule has 0 radical (unpaired) electrons. The van der Waals surface area contributed by atoms with Gasteiger partial charge in [0, 0.05) is 31.3 Å². The minimum absolute atomic E-state index is 0.00866. The molecule has 4 rings (SSSR count). The fourth-order valence-corrected chi connectivity index (χ4v) is 3.31. The van der Waals surface area contributed by atoms with Gasteiger partial charge in [0.15, 0.2) is 0 Å². The lowest BCUT2D eigenvalue weighted by atomic mass is 9.98. The van der Waals surface area contributed by atoms with Crippen LogP contribution in [-0.2, 0) is 0 Å². The Hall–Kier alpha value is -3.35. The van der Waals surface area contributed by atoms with Crippen LogP contribution in [0.4, 0.5) is 11.8 Å². The van der Waals surface area contributed by atoms with E-state index in [1.165, 1.54) is 0 Å². The van der Waals surface area contributed by atoms with Gasteiger partial charge in [-0.1, -0.05) is 6.07 Å². The minimum Gasteiger partial charge on any atom is -0.330 e. The van der Waals surface area contributed by atoms with E-state index < -0.39 is 0 Å². The van der Waals surface area contributed by atoms with Crippen LogP contribution in [0.1, 0.15) is 41.4 Å². The van der Waals surface area contributed by atoms with Crippen LogP contribution in [0, 0.1) is 0 Å². The maximum Gasteiger partial charge on any atom is 0.255 e. The fraction of sp³-hybridized carbons (Fsp3) is 0.250. The van der Waals surface area contributed by atoms with Crippen molar-refractivity contribution in [3.05, 3.63) is 72.4 Å². The molecule has 0 aromatic carbocycles. The van der Waals surface area contributed by atoms with Gasteiger partial charge in [0.05, 0.1) is 17.3 Å². The molecule has 27 heavy (non-hydrogen) atoms. The second kappa shape index (κ2) is 7.90. The van der Waals surface area contributed by atoms with Gasteiger partial charge in [-0.25, -0.2) is 15.0 Å². The van der Waals surface area contributed by atoms with Gasteiger partial charge in [-0.15, -0.1) is 0 Å². The van der Waals surface area contributed by atoms with Crippen molar-refractivity contribution in [2.75, 3.05) is 11.9 Å². The van der Waals surface area contributed by atoms with Gasteiger partial charge in [-0.2, -0.15) is 0 Å². The number of hydrogen-bond donors (Lipinski definition) is 1.